The molecule has 0 amide bonds. The largest absolute Gasteiger partial charge is 0.335 e. The molecule has 0 radical (unpaired) electrons. The molecule has 0 fully saturated rings. The molecule has 30 heavy (non-hydrogen) atoms. The van der Waals surface area contributed by atoms with Crippen molar-refractivity contribution in [2.24, 2.45) is 7.05 Å². The number of rotatable bonds is 9. The lowest BCUT2D eigenvalue weighted by Crippen LogP contribution is -2.13. The smallest absolute Gasteiger partial charge is 0.331 e. The van der Waals surface area contributed by atoms with E-state index < -0.39 is 7.60 Å². The predicted octanol–water partition coefficient (Wildman–Crippen LogP) is 5.64. The summed E-state index contributed by atoms with van der Waals surface area (Å²) in [6.07, 6.45) is 0.233. The Morgan fingerprint density at radius 3 is 2.30 bits per heavy atom. The van der Waals surface area contributed by atoms with Gasteiger partial charge in [-0.1, -0.05) is 66.8 Å². The van der Waals surface area contributed by atoms with Crippen LogP contribution in [0.1, 0.15) is 25.0 Å². The minimum Gasteiger partial charge on any atom is -0.331 e. The summed E-state index contributed by atoms with van der Waals surface area (Å²) in [4.78, 5) is 0.585. The van der Waals surface area contributed by atoms with Gasteiger partial charge in [-0.05, 0) is 19.4 Å². The van der Waals surface area contributed by atoms with Crippen LogP contribution in [0.2, 0.25) is 0 Å². The fourth-order valence-electron chi connectivity index (χ4n) is 3.03. The monoisotopic (exact) mass is 443 g/mol. The molecule has 3 aromatic rings. The van der Waals surface area contributed by atoms with Gasteiger partial charge in [-0.2, -0.15) is 5.10 Å². The Labute approximate surface area is 182 Å². The Kier molecular flexibility index (Phi) is 7.56. The molecule has 0 aliphatic heterocycles. The summed E-state index contributed by atoms with van der Waals surface area (Å²) in [5.74, 6) is 0.806. The van der Waals surface area contributed by atoms with Gasteiger partial charge in [0.1, 0.15) is 10.8 Å². The summed E-state index contributed by atoms with van der Waals surface area (Å²) in [6, 6.07) is 19.6. The first kappa shape index (κ1) is 22.4. The van der Waals surface area contributed by atoms with Crippen molar-refractivity contribution in [3.8, 4) is 11.3 Å². The number of aryl methyl sites for hydroxylation is 1. The average molecular weight is 444 g/mol. The highest BCUT2D eigenvalue weighted by Gasteiger charge is 2.24. The summed E-state index contributed by atoms with van der Waals surface area (Å²) in [5, 5.41) is 7.81. The van der Waals surface area contributed by atoms with E-state index in [9.17, 15) is 4.57 Å². The van der Waals surface area contributed by atoms with Crippen LogP contribution >= 0.6 is 19.8 Å². The Bertz CT molecular complexity index is 1030. The fourth-order valence-corrected chi connectivity index (χ4v) is 4.97. The van der Waals surface area contributed by atoms with Crippen LogP contribution in [0.25, 0.3) is 11.3 Å². The van der Waals surface area contributed by atoms with Gasteiger partial charge < -0.3 is 14.4 Å². The zero-order valence-corrected chi connectivity index (χ0v) is 19.1. The number of thiocarbonyl (C=S) groups is 1. The molecule has 158 valence electrons. The highest BCUT2D eigenvalue weighted by atomic mass is 32.1. The van der Waals surface area contributed by atoms with E-state index in [-0.39, 0.29) is 6.16 Å². The number of hydrogen-bond donors (Lipinski definition) is 1. The highest BCUT2D eigenvalue weighted by Crippen LogP contribution is 2.51. The maximum absolute atomic E-state index is 12.7. The van der Waals surface area contributed by atoms with Gasteiger partial charge in [-0.25, -0.2) is 0 Å². The number of aromatic nitrogens is 2. The van der Waals surface area contributed by atoms with Crippen molar-refractivity contribution in [1.29, 1.82) is 0 Å². The first-order chi connectivity index (χ1) is 14.4. The fraction of sp³-hybridized carbons (Fsp3) is 0.273. The van der Waals surface area contributed by atoms with E-state index in [1.807, 2.05) is 67.7 Å². The molecule has 8 heteroatoms. The Morgan fingerprint density at radius 1 is 1.07 bits per heavy atom. The summed E-state index contributed by atoms with van der Waals surface area (Å²) < 4.78 is 25.2. The zero-order valence-electron chi connectivity index (χ0n) is 17.4. The van der Waals surface area contributed by atoms with E-state index in [4.69, 9.17) is 21.3 Å². The van der Waals surface area contributed by atoms with Crippen molar-refractivity contribution in [3.05, 3.63) is 71.8 Å². The van der Waals surface area contributed by atoms with E-state index in [2.05, 4.69) is 10.4 Å². The van der Waals surface area contributed by atoms with Gasteiger partial charge in [0.15, 0.2) is 0 Å². The molecule has 0 spiro atoms. The van der Waals surface area contributed by atoms with Gasteiger partial charge >= 0.3 is 7.60 Å². The van der Waals surface area contributed by atoms with Crippen LogP contribution < -0.4 is 5.32 Å². The number of hydrogen-bond acceptors (Lipinski definition) is 5. The van der Waals surface area contributed by atoms with E-state index in [1.54, 1.807) is 18.5 Å². The van der Waals surface area contributed by atoms with Crippen LogP contribution in [0, 0.1) is 0 Å². The molecule has 0 atom stereocenters. The van der Waals surface area contributed by atoms with Crippen molar-refractivity contribution in [2.75, 3.05) is 18.5 Å². The first-order valence-electron chi connectivity index (χ1n) is 9.82. The van der Waals surface area contributed by atoms with Gasteiger partial charge in [0.05, 0.1) is 25.1 Å². The first-order valence-corrected chi connectivity index (χ1v) is 12.0. The maximum Gasteiger partial charge on any atom is 0.335 e. The van der Waals surface area contributed by atoms with Crippen LogP contribution in [-0.4, -0.2) is 28.0 Å². The van der Waals surface area contributed by atoms with Gasteiger partial charge in [0.2, 0.25) is 0 Å². The lowest BCUT2D eigenvalue weighted by atomic mass is 10.1. The van der Waals surface area contributed by atoms with Crippen molar-refractivity contribution < 1.29 is 13.6 Å². The van der Waals surface area contributed by atoms with Crippen LogP contribution in [0.4, 0.5) is 5.82 Å². The molecule has 0 aliphatic carbocycles. The second kappa shape index (κ2) is 10.1. The van der Waals surface area contributed by atoms with Crippen LogP contribution in [0.15, 0.2) is 60.7 Å². The number of benzene rings is 2. The van der Waals surface area contributed by atoms with Crippen molar-refractivity contribution >= 4 is 30.6 Å². The normalized spacial score (nSPS) is 11.4. The molecule has 2 aromatic carbocycles. The van der Waals surface area contributed by atoms with Crippen molar-refractivity contribution in [2.45, 2.75) is 20.0 Å². The second-order valence-electron chi connectivity index (χ2n) is 6.66. The molecular formula is C22H26N3O3PS. The zero-order chi connectivity index (χ0) is 21.6. The molecular weight excluding hydrogens is 417 g/mol. The third-order valence-electron chi connectivity index (χ3n) is 4.43. The summed E-state index contributed by atoms with van der Waals surface area (Å²) in [5.41, 5.74) is 3.66. The molecule has 6 nitrogen and oxygen atoms in total. The van der Waals surface area contributed by atoms with E-state index >= 15 is 0 Å². The molecule has 1 heterocycles. The third kappa shape index (κ3) is 5.64. The highest BCUT2D eigenvalue weighted by molar-refractivity contribution is 7.81. The number of nitrogens with one attached hydrogen (secondary N) is 1. The Balaban J connectivity index is 1.69. The number of nitrogens with zero attached hydrogens (tertiary/aromatic N) is 2. The minimum atomic E-state index is -3.13. The molecule has 0 saturated heterocycles. The summed E-state index contributed by atoms with van der Waals surface area (Å²) in [7, 11) is -1.25. The Morgan fingerprint density at radius 2 is 1.70 bits per heavy atom. The molecule has 0 bridgehead atoms. The van der Waals surface area contributed by atoms with Crippen LogP contribution in [0.3, 0.4) is 0 Å². The van der Waals surface area contributed by atoms with Crippen molar-refractivity contribution in [3.63, 3.8) is 0 Å². The van der Waals surface area contributed by atoms with Crippen molar-refractivity contribution in [1.82, 2.24) is 9.78 Å². The average Bonchev–Trinajstić information content (AvgIpc) is 3.09. The topological polar surface area (TPSA) is 65.4 Å². The SMILES string of the molecule is CCOP(=O)(Cc1ccc(C(=S)Nc2cc(-c3ccccc3)nn2C)cc1)OCC. The molecule has 3 rings (SSSR count). The summed E-state index contributed by atoms with van der Waals surface area (Å²) in [6.45, 7) is 4.30. The lowest BCUT2D eigenvalue weighted by molar-refractivity contribution is 0.219. The molecule has 0 unspecified atom stereocenters. The van der Waals surface area contributed by atoms with E-state index in [0.717, 1.165) is 28.2 Å². The van der Waals surface area contributed by atoms with Gasteiger partial charge in [0.25, 0.3) is 0 Å². The second-order valence-corrected chi connectivity index (χ2v) is 9.12. The van der Waals surface area contributed by atoms with Gasteiger partial charge in [-0.15, -0.1) is 0 Å². The van der Waals surface area contributed by atoms with Crippen LogP contribution in [-0.2, 0) is 26.8 Å². The van der Waals surface area contributed by atoms with Gasteiger partial charge in [-0.3, -0.25) is 9.25 Å². The molecule has 0 saturated carbocycles. The van der Waals surface area contributed by atoms with Gasteiger partial charge in [0, 0.05) is 24.2 Å². The molecule has 1 N–H and O–H groups in total. The van der Waals surface area contributed by atoms with Crippen LogP contribution in [0.5, 0.6) is 0 Å². The predicted molar refractivity (Wildman–Crippen MR) is 125 cm³/mol. The quantitative estimate of drug-likeness (QED) is 0.341. The number of anilines is 1. The van der Waals surface area contributed by atoms with E-state index in [1.165, 1.54) is 0 Å². The molecule has 0 aliphatic rings. The summed E-state index contributed by atoms with van der Waals surface area (Å²) >= 11 is 5.57. The van der Waals surface area contributed by atoms with E-state index in [0.29, 0.717) is 18.2 Å². The maximum atomic E-state index is 12.7. The minimum absolute atomic E-state index is 0.233. The Hall–Kier alpha value is -2.31. The lowest BCUT2D eigenvalue weighted by Gasteiger charge is -2.17. The third-order valence-corrected chi connectivity index (χ3v) is 6.83. The standard InChI is InChI=1S/C22H26N3O3PS/c1-4-27-29(26,28-5-2)16-17-11-13-19(14-12-17)22(30)23-21-15-20(24-25(21)3)18-9-7-6-8-10-18/h6-15H,4-5,16H2,1-3H3,(H,23,30). The molecule has 1 aromatic heterocycles.